The van der Waals surface area contributed by atoms with Crippen LogP contribution < -0.4 is 4.90 Å². The molecular formula is C54H35NO. The molecule has 0 fully saturated rings. The topological polar surface area (TPSA) is 16.4 Å². The monoisotopic (exact) mass is 713 g/mol. The van der Waals surface area contributed by atoms with E-state index in [1.807, 2.05) is 6.07 Å². The molecule has 11 rings (SSSR count). The Kier molecular flexibility index (Phi) is 7.53. The molecule has 0 aliphatic rings. The number of benzene rings is 10. The molecule has 0 unspecified atom stereocenters. The van der Waals surface area contributed by atoms with Crippen molar-refractivity contribution in [3.05, 3.63) is 212 Å². The van der Waals surface area contributed by atoms with Crippen LogP contribution in [0, 0.1) is 0 Å². The van der Waals surface area contributed by atoms with Crippen molar-refractivity contribution in [2.45, 2.75) is 0 Å². The highest BCUT2D eigenvalue weighted by atomic mass is 16.3. The third-order valence-corrected chi connectivity index (χ3v) is 11.2. The van der Waals surface area contributed by atoms with E-state index in [4.69, 9.17) is 4.42 Å². The fourth-order valence-electron chi connectivity index (χ4n) is 8.53. The van der Waals surface area contributed by atoms with E-state index in [1.54, 1.807) is 0 Å². The molecule has 11 aromatic rings. The Hall–Kier alpha value is -7.42. The maximum Gasteiger partial charge on any atom is 0.137 e. The van der Waals surface area contributed by atoms with E-state index in [2.05, 4.69) is 211 Å². The molecule has 0 bridgehead atoms. The minimum atomic E-state index is 0.868. The molecule has 0 atom stereocenters. The molecule has 10 aromatic carbocycles. The fourth-order valence-corrected chi connectivity index (χ4v) is 8.53. The summed E-state index contributed by atoms with van der Waals surface area (Å²) in [6, 6.07) is 76.5. The average molecular weight is 714 g/mol. The van der Waals surface area contributed by atoms with E-state index in [-0.39, 0.29) is 0 Å². The fraction of sp³-hybridized carbons (Fsp3) is 0. The van der Waals surface area contributed by atoms with Gasteiger partial charge in [-0.1, -0.05) is 164 Å². The van der Waals surface area contributed by atoms with Gasteiger partial charge in [0.2, 0.25) is 0 Å². The first-order chi connectivity index (χ1) is 27.7. The van der Waals surface area contributed by atoms with Gasteiger partial charge in [-0.3, -0.25) is 0 Å². The zero-order chi connectivity index (χ0) is 37.0. The Labute approximate surface area is 325 Å². The summed E-state index contributed by atoms with van der Waals surface area (Å²) >= 11 is 0. The second-order valence-corrected chi connectivity index (χ2v) is 14.5. The van der Waals surface area contributed by atoms with E-state index >= 15 is 0 Å². The maximum absolute atomic E-state index is 6.41. The molecule has 2 nitrogen and oxygen atoms in total. The van der Waals surface area contributed by atoms with Crippen molar-refractivity contribution in [1.82, 2.24) is 0 Å². The van der Waals surface area contributed by atoms with Crippen LogP contribution in [0.5, 0.6) is 0 Å². The lowest BCUT2D eigenvalue weighted by atomic mass is 9.96. The number of furan rings is 1. The zero-order valence-electron chi connectivity index (χ0n) is 30.6. The molecule has 0 aliphatic heterocycles. The summed E-state index contributed by atoms with van der Waals surface area (Å²) in [4.78, 5) is 2.38. The molecule has 56 heavy (non-hydrogen) atoms. The average Bonchev–Trinajstić information content (AvgIpc) is 3.66. The van der Waals surface area contributed by atoms with Crippen LogP contribution in [0.4, 0.5) is 17.1 Å². The Morgan fingerprint density at radius 3 is 1.64 bits per heavy atom. The van der Waals surface area contributed by atoms with Gasteiger partial charge in [0.05, 0.1) is 11.1 Å². The highest BCUT2D eigenvalue weighted by Gasteiger charge is 2.20. The number of hydrogen-bond acceptors (Lipinski definition) is 2. The molecule has 0 saturated heterocycles. The molecule has 1 heterocycles. The Balaban J connectivity index is 1.03. The van der Waals surface area contributed by atoms with Crippen LogP contribution in [0.1, 0.15) is 0 Å². The molecule has 1 aromatic heterocycles. The first kappa shape index (κ1) is 32.0. The lowest BCUT2D eigenvalue weighted by Gasteiger charge is -2.27. The van der Waals surface area contributed by atoms with E-state index in [1.165, 1.54) is 60.1 Å². The van der Waals surface area contributed by atoms with Crippen molar-refractivity contribution in [3.63, 3.8) is 0 Å². The number of rotatable bonds is 6. The summed E-state index contributed by atoms with van der Waals surface area (Å²) < 4.78 is 6.41. The minimum absolute atomic E-state index is 0.868. The first-order valence-electron chi connectivity index (χ1n) is 19.2. The van der Waals surface area contributed by atoms with E-state index in [0.29, 0.717) is 0 Å². The van der Waals surface area contributed by atoms with Gasteiger partial charge in [-0.15, -0.1) is 0 Å². The summed E-state index contributed by atoms with van der Waals surface area (Å²) in [5, 5.41) is 9.76. The van der Waals surface area contributed by atoms with Crippen molar-refractivity contribution < 1.29 is 4.42 Å². The van der Waals surface area contributed by atoms with Gasteiger partial charge < -0.3 is 9.32 Å². The van der Waals surface area contributed by atoms with Crippen LogP contribution in [-0.4, -0.2) is 0 Å². The summed E-state index contributed by atoms with van der Waals surface area (Å²) in [6.07, 6.45) is 0. The molecule has 262 valence electrons. The Morgan fingerprint density at radius 1 is 0.304 bits per heavy atom. The van der Waals surface area contributed by atoms with Crippen molar-refractivity contribution >= 4 is 71.3 Å². The number of anilines is 3. The van der Waals surface area contributed by atoms with Crippen LogP contribution in [0.3, 0.4) is 0 Å². The van der Waals surface area contributed by atoms with Crippen LogP contribution in [-0.2, 0) is 0 Å². The summed E-state index contributed by atoms with van der Waals surface area (Å²) in [5.74, 6) is 0. The van der Waals surface area contributed by atoms with Gasteiger partial charge in [0.25, 0.3) is 0 Å². The summed E-state index contributed by atoms with van der Waals surface area (Å²) in [7, 11) is 0. The van der Waals surface area contributed by atoms with Gasteiger partial charge in [-0.2, -0.15) is 0 Å². The lowest BCUT2D eigenvalue weighted by molar-refractivity contribution is 0.669. The van der Waals surface area contributed by atoms with Gasteiger partial charge in [0.15, 0.2) is 0 Å². The van der Waals surface area contributed by atoms with E-state index < -0.39 is 0 Å². The Bertz CT molecular complexity index is 3260. The Morgan fingerprint density at radius 2 is 0.839 bits per heavy atom. The smallest absolute Gasteiger partial charge is 0.137 e. The normalized spacial score (nSPS) is 11.6. The summed E-state index contributed by atoms with van der Waals surface area (Å²) in [6.45, 7) is 0. The van der Waals surface area contributed by atoms with Crippen molar-refractivity contribution in [3.8, 4) is 33.4 Å². The van der Waals surface area contributed by atoms with Crippen LogP contribution >= 0.6 is 0 Å². The molecule has 0 aliphatic carbocycles. The second-order valence-electron chi connectivity index (χ2n) is 14.5. The highest BCUT2D eigenvalue weighted by molar-refractivity contribution is 6.13. The van der Waals surface area contributed by atoms with Crippen LogP contribution in [0.25, 0.3) is 87.6 Å². The van der Waals surface area contributed by atoms with Gasteiger partial charge in [0, 0.05) is 16.8 Å². The van der Waals surface area contributed by atoms with Gasteiger partial charge in [-0.25, -0.2) is 0 Å². The number of hydrogen-bond donors (Lipinski definition) is 0. The molecule has 0 radical (unpaired) electrons. The maximum atomic E-state index is 6.41. The standard InChI is InChI=1S/C54H35NO/c1-3-18-46-38(11-1)13-9-21-48(46)42-15-8-17-45(35-42)55(51-22-10-24-53-54(51)50-20-5-6-23-52(50)56-53)44-16-7-14-40(34-44)36-25-27-37(28-26-36)41-31-32-49-43(33-41)30-29-39-12-2-4-19-47(39)49/h1-35H. The number of para-hydroxylation sites is 1. The third-order valence-electron chi connectivity index (χ3n) is 11.2. The van der Waals surface area contributed by atoms with Crippen molar-refractivity contribution in [2.24, 2.45) is 0 Å². The molecule has 0 spiro atoms. The molecular weight excluding hydrogens is 679 g/mol. The van der Waals surface area contributed by atoms with E-state index in [0.717, 1.165) is 44.6 Å². The summed E-state index contributed by atoms with van der Waals surface area (Å²) in [5.41, 5.74) is 12.1. The second kappa shape index (κ2) is 13.2. The zero-order valence-corrected chi connectivity index (χ0v) is 30.6. The molecule has 0 amide bonds. The number of nitrogens with zero attached hydrogens (tertiary/aromatic N) is 1. The van der Waals surface area contributed by atoms with E-state index in [9.17, 15) is 0 Å². The van der Waals surface area contributed by atoms with Gasteiger partial charge >= 0.3 is 0 Å². The van der Waals surface area contributed by atoms with Crippen LogP contribution in [0.2, 0.25) is 0 Å². The highest BCUT2D eigenvalue weighted by Crippen LogP contribution is 2.45. The van der Waals surface area contributed by atoms with Crippen LogP contribution in [0.15, 0.2) is 217 Å². The van der Waals surface area contributed by atoms with Gasteiger partial charge in [-0.05, 0) is 114 Å². The lowest BCUT2D eigenvalue weighted by Crippen LogP contribution is -2.10. The van der Waals surface area contributed by atoms with Crippen molar-refractivity contribution in [2.75, 3.05) is 4.90 Å². The quantitative estimate of drug-likeness (QED) is 0.160. The molecule has 0 saturated carbocycles. The van der Waals surface area contributed by atoms with Crippen molar-refractivity contribution in [1.29, 1.82) is 0 Å². The SMILES string of the molecule is c1cc(-c2ccc(-c3ccc4c(ccc5ccccc54)c3)cc2)cc(N(c2cccc(-c3cccc4ccccc34)c2)c2cccc3oc4ccccc4c23)c1. The predicted octanol–water partition coefficient (Wildman–Crippen LogP) is 15.5. The van der Waals surface area contributed by atoms with Gasteiger partial charge in [0.1, 0.15) is 11.2 Å². The molecule has 2 heteroatoms. The third kappa shape index (κ3) is 5.42. The predicted molar refractivity (Wildman–Crippen MR) is 237 cm³/mol. The number of fused-ring (bicyclic) bond motifs is 7. The largest absolute Gasteiger partial charge is 0.456 e. The first-order valence-corrected chi connectivity index (χ1v) is 19.2. The molecule has 0 N–H and O–H groups in total. The minimum Gasteiger partial charge on any atom is -0.456 e.